The maximum Gasteiger partial charge on any atom is 0.401 e. The fourth-order valence-corrected chi connectivity index (χ4v) is 2.45. The molecule has 1 rings (SSSR count). The Kier molecular flexibility index (Phi) is 6.00. The Balaban J connectivity index is 2.38. The maximum absolute atomic E-state index is 12.4. The minimum absolute atomic E-state index is 0.00529. The van der Waals surface area contributed by atoms with Crippen molar-refractivity contribution in [3.8, 4) is 0 Å². The Morgan fingerprint density at radius 1 is 1.42 bits per heavy atom. The van der Waals surface area contributed by atoms with E-state index in [0.717, 1.165) is 0 Å². The molecule has 0 bridgehead atoms. The van der Waals surface area contributed by atoms with Crippen LogP contribution in [0.1, 0.15) is 36.4 Å². The van der Waals surface area contributed by atoms with Crippen molar-refractivity contribution < 1.29 is 18.0 Å². The molecule has 0 unspecified atom stereocenters. The van der Waals surface area contributed by atoms with Crippen LogP contribution < -0.4 is 0 Å². The van der Waals surface area contributed by atoms with Gasteiger partial charge in [0.25, 0.3) is 0 Å². The number of hydrogen-bond acceptors (Lipinski definition) is 3. The number of alkyl halides is 3. The second kappa shape index (κ2) is 7.05. The summed E-state index contributed by atoms with van der Waals surface area (Å²) in [7, 11) is 0. The Bertz CT molecular complexity index is 387. The lowest BCUT2D eigenvalue weighted by Crippen LogP contribution is -2.39. The molecule has 0 aliphatic heterocycles. The van der Waals surface area contributed by atoms with Gasteiger partial charge in [-0.05, 0) is 38.3 Å². The zero-order valence-electron chi connectivity index (χ0n) is 11.0. The highest BCUT2D eigenvalue weighted by Gasteiger charge is 2.31. The number of halogens is 3. The average Bonchev–Trinajstić information content (AvgIpc) is 2.79. The Morgan fingerprint density at radius 2 is 2.11 bits per heavy atom. The lowest BCUT2D eigenvalue weighted by molar-refractivity contribution is -0.149. The van der Waals surface area contributed by atoms with E-state index in [1.807, 2.05) is 5.38 Å². The molecular weight excluding hydrogens is 275 g/mol. The first-order valence-corrected chi connectivity index (χ1v) is 7.05. The van der Waals surface area contributed by atoms with Gasteiger partial charge in [0.05, 0.1) is 11.4 Å². The molecule has 6 heteroatoms. The van der Waals surface area contributed by atoms with Crippen LogP contribution in [0.4, 0.5) is 13.2 Å². The maximum atomic E-state index is 12.4. The van der Waals surface area contributed by atoms with Gasteiger partial charge in [-0.1, -0.05) is 6.07 Å². The molecule has 0 aliphatic carbocycles. The average molecular weight is 293 g/mol. The predicted molar refractivity (Wildman–Crippen MR) is 70.6 cm³/mol. The van der Waals surface area contributed by atoms with Gasteiger partial charge in [0.2, 0.25) is 0 Å². The van der Waals surface area contributed by atoms with Gasteiger partial charge in [-0.25, -0.2) is 0 Å². The summed E-state index contributed by atoms with van der Waals surface area (Å²) < 4.78 is 37.1. The molecule has 0 saturated heterocycles. The van der Waals surface area contributed by atoms with Crippen LogP contribution >= 0.6 is 11.3 Å². The summed E-state index contributed by atoms with van der Waals surface area (Å²) in [5.41, 5.74) is 0. The van der Waals surface area contributed by atoms with Crippen molar-refractivity contribution in [1.82, 2.24) is 4.90 Å². The zero-order chi connectivity index (χ0) is 14.5. The summed E-state index contributed by atoms with van der Waals surface area (Å²) in [4.78, 5) is 13.7. The third-order valence-corrected chi connectivity index (χ3v) is 3.67. The van der Waals surface area contributed by atoms with Gasteiger partial charge in [-0.2, -0.15) is 13.2 Å². The van der Waals surface area contributed by atoms with Gasteiger partial charge in [0.15, 0.2) is 5.78 Å². The second-order valence-corrected chi connectivity index (χ2v) is 5.63. The number of ketones is 1. The van der Waals surface area contributed by atoms with Gasteiger partial charge >= 0.3 is 6.18 Å². The minimum atomic E-state index is -4.19. The highest BCUT2D eigenvalue weighted by atomic mass is 32.1. The molecule has 0 amide bonds. The van der Waals surface area contributed by atoms with Gasteiger partial charge in [-0.15, -0.1) is 11.3 Å². The smallest absolute Gasteiger partial charge is 0.293 e. The van der Waals surface area contributed by atoms with Crippen molar-refractivity contribution in [1.29, 1.82) is 0 Å². The number of carbonyl (C=O) groups is 1. The van der Waals surface area contributed by atoms with Gasteiger partial charge in [0, 0.05) is 12.5 Å². The third kappa shape index (κ3) is 6.20. The van der Waals surface area contributed by atoms with Gasteiger partial charge < -0.3 is 0 Å². The normalized spacial score (nSPS) is 12.4. The van der Waals surface area contributed by atoms with Crippen LogP contribution in [0.15, 0.2) is 17.5 Å². The highest BCUT2D eigenvalue weighted by Crippen LogP contribution is 2.19. The number of Topliss-reactive ketones (excluding diaryl/α,β-unsaturated/α-hetero) is 1. The van der Waals surface area contributed by atoms with E-state index >= 15 is 0 Å². The van der Waals surface area contributed by atoms with Gasteiger partial charge in [-0.3, -0.25) is 9.69 Å². The second-order valence-electron chi connectivity index (χ2n) is 4.68. The molecule has 1 aromatic heterocycles. The van der Waals surface area contributed by atoms with Crippen LogP contribution in [0.2, 0.25) is 0 Å². The van der Waals surface area contributed by atoms with E-state index in [2.05, 4.69) is 0 Å². The third-order valence-electron chi connectivity index (χ3n) is 2.76. The summed E-state index contributed by atoms with van der Waals surface area (Å²) in [5.74, 6) is 0.00529. The number of thiophene rings is 1. The van der Waals surface area contributed by atoms with Crippen molar-refractivity contribution in [2.75, 3.05) is 13.1 Å². The molecule has 0 spiro atoms. The highest BCUT2D eigenvalue weighted by molar-refractivity contribution is 7.12. The van der Waals surface area contributed by atoms with E-state index in [1.54, 1.807) is 26.0 Å². The molecular formula is C13H18F3NOS. The number of hydrogen-bond donors (Lipinski definition) is 0. The zero-order valence-corrected chi connectivity index (χ0v) is 11.9. The van der Waals surface area contributed by atoms with Gasteiger partial charge in [0.1, 0.15) is 0 Å². The van der Waals surface area contributed by atoms with Crippen molar-refractivity contribution in [2.24, 2.45) is 0 Å². The topological polar surface area (TPSA) is 20.3 Å². The molecule has 1 aromatic rings. The number of rotatable bonds is 7. The fraction of sp³-hybridized carbons (Fsp3) is 0.615. The summed E-state index contributed by atoms with van der Waals surface area (Å²) in [6, 6.07) is 3.35. The molecule has 2 nitrogen and oxygen atoms in total. The quantitative estimate of drug-likeness (QED) is 0.709. The van der Waals surface area contributed by atoms with E-state index in [-0.39, 0.29) is 18.4 Å². The molecule has 0 fully saturated rings. The Hall–Kier alpha value is -0.880. The van der Waals surface area contributed by atoms with E-state index < -0.39 is 12.7 Å². The largest absolute Gasteiger partial charge is 0.401 e. The predicted octanol–water partition coefficient (Wildman–Crippen LogP) is 3.98. The first kappa shape index (κ1) is 16.2. The first-order chi connectivity index (χ1) is 8.79. The van der Waals surface area contributed by atoms with E-state index in [0.29, 0.717) is 17.7 Å². The number of carbonyl (C=O) groups excluding carboxylic acids is 1. The van der Waals surface area contributed by atoms with Crippen LogP contribution in [0.3, 0.4) is 0 Å². The van der Waals surface area contributed by atoms with Crippen LogP contribution in [-0.2, 0) is 0 Å². The first-order valence-electron chi connectivity index (χ1n) is 6.17. The summed E-state index contributed by atoms with van der Waals surface area (Å²) >= 11 is 1.36. The van der Waals surface area contributed by atoms with Crippen LogP contribution in [0.25, 0.3) is 0 Å². The van der Waals surface area contributed by atoms with Crippen molar-refractivity contribution in [2.45, 2.75) is 38.9 Å². The number of nitrogens with zero attached hydrogens (tertiary/aromatic N) is 1. The van der Waals surface area contributed by atoms with Crippen molar-refractivity contribution in [3.05, 3.63) is 22.4 Å². The molecule has 0 saturated carbocycles. The summed E-state index contributed by atoms with van der Waals surface area (Å²) in [6.07, 6.45) is -3.45. The standard InChI is InChI=1S/C13H18F3NOS/c1-10(2)17(9-13(14,15)16)7-3-5-11(18)12-6-4-8-19-12/h4,6,8,10H,3,5,7,9H2,1-2H3. The monoisotopic (exact) mass is 293 g/mol. The van der Waals surface area contributed by atoms with Crippen LogP contribution in [0.5, 0.6) is 0 Å². The Labute approximate surface area is 115 Å². The van der Waals surface area contributed by atoms with Crippen molar-refractivity contribution >= 4 is 17.1 Å². The molecule has 19 heavy (non-hydrogen) atoms. The SMILES string of the molecule is CC(C)N(CCCC(=O)c1cccs1)CC(F)(F)F. The summed E-state index contributed by atoms with van der Waals surface area (Å²) in [5, 5.41) is 1.82. The van der Waals surface area contributed by atoms with Crippen LogP contribution in [0, 0.1) is 0 Å². The minimum Gasteiger partial charge on any atom is -0.293 e. The van der Waals surface area contributed by atoms with Crippen LogP contribution in [-0.4, -0.2) is 36.0 Å². The van der Waals surface area contributed by atoms with Crippen molar-refractivity contribution in [3.63, 3.8) is 0 Å². The molecule has 108 valence electrons. The Morgan fingerprint density at radius 3 is 2.58 bits per heavy atom. The molecule has 1 heterocycles. The molecule has 0 atom stereocenters. The summed E-state index contributed by atoms with van der Waals surface area (Å²) in [6.45, 7) is 2.83. The van der Waals surface area contributed by atoms with E-state index in [9.17, 15) is 18.0 Å². The molecule has 0 radical (unpaired) electrons. The lowest BCUT2D eigenvalue weighted by atomic mass is 10.1. The molecule has 0 N–H and O–H groups in total. The molecule has 0 aliphatic rings. The lowest BCUT2D eigenvalue weighted by Gasteiger charge is -2.27. The fourth-order valence-electron chi connectivity index (χ4n) is 1.75. The van der Waals surface area contributed by atoms with E-state index in [1.165, 1.54) is 16.2 Å². The molecule has 0 aromatic carbocycles. The van der Waals surface area contributed by atoms with E-state index in [4.69, 9.17) is 0 Å².